The van der Waals surface area contributed by atoms with Crippen LogP contribution in [0.15, 0.2) is 14.7 Å². The number of hydrogen-bond acceptors (Lipinski definition) is 3. The first-order valence-electron chi connectivity index (χ1n) is 2.39. The van der Waals surface area contributed by atoms with Gasteiger partial charge >= 0.3 is 0 Å². The molecule has 0 bridgehead atoms. The lowest BCUT2D eigenvalue weighted by molar-refractivity contribution is 0.600. The van der Waals surface area contributed by atoms with Crippen LogP contribution in [0.25, 0.3) is 0 Å². The van der Waals surface area contributed by atoms with E-state index in [-0.39, 0.29) is 4.21 Å². The van der Waals surface area contributed by atoms with Crippen LogP contribution in [0.2, 0.25) is 4.34 Å². The Kier molecular flexibility index (Phi) is 2.60. The predicted octanol–water partition coefficient (Wildman–Crippen LogP) is 1.81. The highest BCUT2D eigenvalue weighted by atomic mass is 79.9. The van der Waals surface area contributed by atoms with Crippen molar-refractivity contribution in [1.82, 2.24) is 0 Å². The number of nitrogens with two attached hydrogens (primary N) is 1. The number of halogens is 2. The largest absolute Gasteiger partial charge is 0.247 e. The van der Waals surface area contributed by atoms with Gasteiger partial charge in [0, 0.05) is 4.47 Å². The Hall–Kier alpha value is 0.380. The first-order valence-corrected chi connectivity index (χ1v) is 5.92. The summed E-state index contributed by atoms with van der Waals surface area (Å²) in [6.07, 6.45) is 0. The lowest BCUT2D eigenvalue weighted by atomic mass is 10.7. The van der Waals surface area contributed by atoms with Crippen LogP contribution < -0.4 is 5.14 Å². The smallest absolute Gasteiger partial charge is 0.224 e. The Morgan fingerprint density at radius 2 is 2.18 bits per heavy atom. The molecule has 0 fully saturated rings. The second-order valence-electron chi connectivity index (χ2n) is 1.73. The molecule has 0 unspecified atom stereocenters. The van der Waals surface area contributed by atoms with Crippen molar-refractivity contribution in [2.75, 3.05) is 0 Å². The van der Waals surface area contributed by atoms with Crippen LogP contribution in [0.1, 0.15) is 0 Å². The quantitative estimate of drug-likeness (QED) is 0.850. The van der Waals surface area contributed by atoms with E-state index in [9.17, 15) is 8.42 Å². The molecule has 0 radical (unpaired) electrons. The molecule has 0 aliphatic heterocycles. The van der Waals surface area contributed by atoms with Crippen molar-refractivity contribution in [2.24, 2.45) is 5.14 Å². The standard InChI is InChI=1S/C4H3BrClNO2S2/c5-2-1-3(10-4(2)6)11(7,8)9/h1H,(H2,7,8,9). The first kappa shape index (κ1) is 9.47. The molecular weight excluding hydrogens is 274 g/mol. The van der Waals surface area contributed by atoms with E-state index in [0.29, 0.717) is 8.81 Å². The van der Waals surface area contributed by atoms with Crippen LogP contribution in [-0.2, 0) is 10.0 Å². The van der Waals surface area contributed by atoms with Gasteiger partial charge in [-0.05, 0) is 22.0 Å². The van der Waals surface area contributed by atoms with E-state index in [1.54, 1.807) is 0 Å². The highest BCUT2D eigenvalue weighted by Gasteiger charge is 2.13. The van der Waals surface area contributed by atoms with Gasteiger partial charge in [0.1, 0.15) is 8.55 Å². The van der Waals surface area contributed by atoms with Crippen molar-refractivity contribution >= 4 is 48.9 Å². The van der Waals surface area contributed by atoms with Crippen molar-refractivity contribution in [3.63, 3.8) is 0 Å². The van der Waals surface area contributed by atoms with Crippen molar-refractivity contribution in [3.8, 4) is 0 Å². The maximum atomic E-state index is 10.7. The summed E-state index contributed by atoms with van der Waals surface area (Å²) in [5, 5.41) is 4.84. The van der Waals surface area contributed by atoms with Gasteiger partial charge in [-0.2, -0.15) is 0 Å². The van der Waals surface area contributed by atoms with Crippen LogP contribution >= 0.6 is 38.9 Å². The van der Waals surface area contributed by atoms with Gasteiger partial charge < -0.3 is 0 Å². The fourth-order valence-corrected chi connectivity index (χ4v) is 3.19. The van der Waals surface area contributed by atoms with E-state index in [1.165, 1.54) is 6.07 Å². The maximum absolute atomic E-state index is 10.7. The third kappa shape index (κ3) is 2.16. The van der Waals surface area contributed by atoms with Gasteiger partial charge in [0.2, 0.25) is 10.0 Å². The molecule has 1 rings (SSSR count). The van der Waals surface area contributed by atoms with E-state index < -0.39 is 10.0 Å². The van der Waals surface area contributed by atoms with E-state index in [1.807, 2.05) is 0 Å². The molecule has 1 aromatic heterocycles. The zero-order valence-corrected chi connectivity index (χ0v) is 9.02. The van der Waals surface area contributed by atoms with Crippen LogP contribution in [0, 0.1) is 0 Å². The second-order valence-corrected chi connectivity index (χ2v) is 6.03. The van der Waals surface area contributed by atoms with Gasteiger partial charge in [-0.3, -0.25) is 0 Å². The van der Waals surface area contributed by atoms with Gasteiger partial charge in [0.05, 0.1) is 0 Å². The summed E-state index contributed by atoms with van der Waals surface area (Å²) in [6, 6.07) is 1.38. The molecule has 3 nitrogen and oxygen atoms in total. The fraction of sp³-hybridized carbons (Fsp3) is 0. The molecule has 0 aliphatic rings. The summed E-state index contributed by atoms with van der Waals surface area (Å²) in [5.74, 6) is 0. The summed E-state index contributed by atoms with van der Waals surface area (Å²) in [5.41, 5.74) is 0. The zero-order chi connectivity index (χ0) is 8.65. The van der Waals surface area contributed by atoms with Crippen LogP contribution in [0.3, 0.4) is 0 Å². The van der Waals surface area contributed by atoms with Gasteiger partial charge in [-0.1, -0.05) is 11.6 Å². The molecule has 0 saturated carbocycles. The number of primary sulfonamides is 1. The van der Waals surface area contributed by atoms with E-state index in [0.717, 1.165) is 11.3 Å². The zero-order valence-electron chi connectivity index (χ0n) is 5.04. The Labute approximate surface area is 81.3 Å². The van der Waals surface area contributed by atoms with Crippen molar-refractivity contribution in [1.29, 1.82) is 0 Å². The molecule has 0 amide bonds. The summed E-state index contributed by atoms with van der Waals surface area (Å²) in [4.78, 5) is 0. The first-order chi connectivity index (χ1) is 4.91. The average Bonchev–Trinajstić information content (AvgIpc) is 2.11. The van der Waals surface area contributed by atoms with Gasteiger partial charge in [0.25, 0.3) is 0 Å². The molecule has 1 aromatic rings. The maximum Gasteiger partial charge on any atom is 0.247 e. The summed E-state index contributed by atoms with van der Waals surface area (Å²) >= 11 is 9.58. The molecule has 0 atom stereocenters. The highest BCUT2D eigenvalue weighted by Crippen LogP contribution is 2.33. The van der Waals surface area contributed by atoms with Gasteiger partial charge in [0.15, 0.2) is 0 Å². The minimum absolute atomic E-state index is 0.0642. The predicted molar refractivity (Wildman–Crippen MR) is 48.4 cm³/mol. The van der Waals surface area contributed by atoms with Gasteiger partial charge in [-0.15, -0.1) is 11.3 Å². The molecule has 1 heterocycles. The minimum Gasteiger partial charge on any atom is -0.224 e. The molecule has 7 heteroatoms. The Morgan fingerprint density at radius 3 is 2.36 bits per heavy atom. The van der Waals surface area contributed by atoms with Crippen molar-refractivity contribution in [2.45, 2.75) is 4.21 Å². The molecule has 11 heavy (non-hydrogen) atoms. The molecule has 0 aromatic carbocycles. The molecule has 2 N–H and O–H groups in total. The molecule has 62 valence electrons. The average molecular weight is 277 g/mol. The van der Waals surface area contributed by atoms with Crippen LogP contribution in [-0.4, -0.2) is 8.42 Å². The monoisotopic (exact) mass is 275 g/mol. The minimum atomic E-state index is -3.60. The summed E-state index contributed by atoms with van der Waals surface area (Å²) in [6.45, 7) is 0. The van der Waals surface area contributed by atoms with E-state index in [2.05, 4.69) is 15.9 Å². The number of thiophene rings is 1. The molecular formula is C4H3BrClNO2S2. The normalized spacial score (nSPS) is 11.9. The highest BCUT2D eigenvalue weighted by molar-refractivity contribution is 9.10. The van der Waals surface area contributed by atoms with Gasteiger partial charge in [-0.25, -0.2) is 13.6 Å². The lowest BCUT2D eigenvalue weighted by Crippen LogP contribution is -2.09. The molecule has 0 saturated heterocycles. The molecule has 0 aliphatic carbocycles. The second kappa shape index (κ2) is 3.02. The lowest BCUT2D eigenvalue weighted by Gasteiger charge is -1.86. The third-order valence-electron chi connectivity index (χ3n) is 0.903. The Bertz CT molecular complexity index is 352. The Balaban J connectivity index is 3.29. The number of rotatable bonds is 1. The summed E-state index contributed by atoms with van der Waals surface area (Å²) in [7, 11) is -3.60. The van der Waals surface area contributed by atoms with E-state index in [4.69, 9.17) is 16.7 Å². The molecule has 0 spiro atoms. The SMILES string of the molecule is NS(=O)(=O)c1cc(Br)c(Cl)s1. The third-order valence-corrected chi connectivity index (χ3v) is 4.80. The van der Waals surface area contributed by atoms with Crippen molar-refractivity contribution in [3.05, 3.63) is 14.9 Å². The summed E-state index contributed by atoms with van der Waals surface area (Å²) < 4.78 is 22.4. The van der Waals surface area contributed by atoms with E-state index >= 15 is 0 Å². The topological polar surface area (TPSA) is 60.2 Å². The Morgan fingerprint density at radius 1 is 1.64 bits per heavy atom. The fourth-order valence-electron chi connectivity index (χ4n) is 0.467. The number of hydrogen-bond donors (Lipinski definition) is 1. The number of sulfonamides is 1. The van der Waals surface area contributed by atoms with Crippen LogP contribution in [0.4, 0.5) is 0 Å². The van der Waals surface area contributed by atoms with Crippen molar-refractivity contribution < 1.29 is 8.42 Å². The van der Waals surface area contributed by atoms with Crippen LogP contribution in [0.5, 0.6) is 0 Å².